The number of aliphatic carboxylic acids is 2. The topological polar surface area (TPSA) is 406 Å². The van der Waals surface area contributed by atoms with Crippen LogP contribution in [-0.4, -0.2) is 304 Å². The average molecular weight is 1810 g/mol. The fourth-order valence-electron chi connectivity index (χ4n) is 15.5. The van der Waals surface area contributed by atoms with E-state index in [4.69, 9.17) is 54.2 Å². The second-order valence-electron chi connectivity index (χ2n) is 35.8. The van der Waals surface area contributed by atoms with E-state index in [1.807, 2.05) is 78.8 Å². The number of ether oxygens (including phenoxy) is 9. The average Bonchev–Trinajstić information content (AvgIpc) is 0.740. The Kier molecular flexibility index (Phi) is 42.7. The number of esters is 1. The van der Waals surface area contributed by atoms with E-state index < -0.39 is 150 Å². The molecule has 3 saturated heterocycles. The number of fused-ring (bicyclic) bond motifs is 5. The maximum absolute atomic E-state index is 15.3. The maximum Gasteiger partial charge on any atom is 0.407 e. The van der Waals surface area contributed by atoms with Gasteiger partial charge in [0.1, 0.15) is 77.4 Å². The Hall–Kier alpha value is -3.40. The molecule has 19 atom stereocenters. The number of rotatable bonds is 48. The van der Waals surface area contributed by atoms with Gasteiger partial charge in [-0.05, 0) is 174 Å². The van der Waals surface area contributed by atoms with Crippen LogP contribution in [0.3, 0.4) is 0 Å². The third-order valence-electron chi connectivity index (χ3n) is 24.2. The molecule has 688 valence electrons. The van der Waals surface area contributed by atoms with Crippen molar-refractivity contribution >= 4 is 112 Å². The van der Waals surface area contributed by atoms with Crippen LogP contribution in [0.5, 0.6) is 5.75 Å². The maximum atomic E-state index is 15.3. The molecule has 5 aliphatic heterocycles. The summed E-state index contributed by atoms with van der Waals surface area (Å²) in [5.41, 5.74) is -3.24. The van der Waals surface area contributed by atoms with E-state index in [-0.39, 0.29) is 126 Å². The lowest BCUT2D eigenvalue weighted by molar-refractivity contribution is -0.299. The molecule has 34 heteroatoms. The number of hydrogen-bond acceptors (Lipinski definition) is 28. The molecule has 6 aliphatic rings. The lowest BCUT2D eigenvalue weighted by atomic mass is 9.52. The van der Waals surface area contributed by atoms with Crippen LogP contribution in [-0.2, 0) is 68.3 Å². The van der Waals surface area contributed by atoms with E-state index in [2.05, 4.69) is 19.2 Å². The Morgan fingerprint density at radius 1 is 0.700 bits per heavy atom. The first-order chi connectivity index (χ1) is 56.3. The first-order valence-electron chi connectivity index (χ1n) is 42.4. The normalized spacial score (nSPS) is 28.9. The number of halogens is 1. The van der Waals surface area contributed by atoms with Gasteiger partial charge in [0.05, 0.1) is 67.7 Å². The number of carbonyl (C=O) groups excluding carboxylic acids is 4. The second-order valence-corrected chi connectivity index (χ2v) is 42.7. The first-order valence-corrected chi connectivity index (χ1v) is 48.0. The third-order valence-corrected chi connectivity index (χ3v) is 32.3. The molecule has 120 heavy (non-hydrogen) atoms. The number of methoxy groups -OCH3 is 1. The zero-order valence-corrected chi connectivity index (χ0v) is 78.4. The summed E-state index contributed by atoms with van der Waals surface area (Å²) in [4.78, 5) is 86.1. The minimum absolute atomic E-state index is 0.00613. The number of unbranched alkanes of at least 4 members (excludes halogenated alkanes) is 2. The Morgan fingerprint density at radius 3 is 1.69 bits per heavy atom. The number of allylic oxidation sites excluding steroid dienone is 3. The summed E-state index contributed by atoms with van der Waals surface area (Å²) in [6.07, 6.45) is -2.20. The van der Waals surface area contributed by atoms with Crippen molar-refractivity contribution in [2.45, 2.75) is 329 Å². The fraction of sp³-hybridized carbons (Fsp3) is 0.814. The number of carboxylic acid groups (broad SMARTS) is 2. The summed E-state index contributed by atoms with van der Waals surface area (Å²) in [5, 5.41) is 108. The third kappa shape index (κ3) is 30.7. The van der Waals surface area contributed by atoms with E-state index in [1.165, 1.54) is 16.9 Å². The molecular formula is C86H142ClN3O25S5. The summed E-state index contributed by atoms with van der Waals surface area (Å²) in [7, 11) is 4.68. The molecule has 28 nitrogen and oxygen atoms in total. The number of benzene rings is 1. The minimum Gasteiger partial charge on any atom is -0.495 e. The number of hydrogen-bond donors (Lipinski definition) is 11. The highest BCUT2D eigenvalue weighted by Gasteiger charge is 2.61. The number of amides is 3. The number of aliphatic hydroxyl groups is 8. The largest absolute Gasteiger partial charge is 0.495 e. The summed E-state index contributed by atoms with van der Waals surface area (Å²) in [6.45, 7) is 25.5. The number of nitrogens with one attached hydrogen (secondary N) is 1. The van der Waals surface area contributed by atoms with Crippen LogP contribution in [0.25, 0.3) is 0 Å². The van der Waals surface area contributed by atoms with Crippen molar-refractivity contribution in [1.82, 2.24) is 10.2 Å². The summed E-state index contributed by atoms with van der Waals surface area (Å²) < 4.78 is 55.5. The number of thioether (sulfide) groups is 5. The van der Waals surface area contributed by atoms with Crippen molar-refractivity contribution in [3.8, 4) is 5.75 Å². The molecule has 3 amide bonds. The zero-order valence-electron chi connectivity index (χ0n) is 73.6. The quantitative estimate of drug-likeness (QED) is 0.0213. The van der Waals surface area contributed by atoms with Gasteiger partial charge in [0.25, 0.3) is 0 Å². The van der Waals surface area contributed by atoms with Crippen molar-refractivity contribution in [2.75, 3.05) is 94.5 Å². The molecule has 4 fully saturated rings. The van der Waals surface area contributed by atoms with Crippen LogP contribution in [0, 0.1) is 22.2 Å². The molecule has 11 N–H and O–H groups in total. The molecule has 1 aliphatic carbocycles. The highest BCUT2D eigenvalue weighted by atomic mass is 35.5. The van der Waals surface area contributed by atoms with Gasteiger partial charge in [0, 0.05) is 89.7 Å². The van der Waals surface area contributed by atoms with Gasteiger partial charge in [-0.15, -0.1) is 0 Å². The second kappa shape index (κ2) is 48.7. The summed E-state index contributed by atoms with van der Waals surface area (Å²) >= 11 is 15.5. The van der Waals surface area contributed by atoms with Gasteiger partial charge >= 0.3 is 24.0 Å². The van der Waals surface area contributed by atoms with Crippen LogP contribution in [0.4, 0.5) is 10.5 Å². The number of carboxylic acids is 2. The van der Waals surface area contributed by atoms with Gasteiger partial charge in [-0.1, -0.05) is 88.8 Å². The summed E-state index contributed by atoms with van der Waals surface area (Å²) in [5.74, 6) is -1.27. The van der Waals surface area contributed by atoms with Gasteiger partial charge in [-0.2, -0.15) is 58.8 Å². The van der Waals surface area contributed by atoms with Crippen molar-refractivity contribution in [2.24, 2.45) is 22.2 Å². The van der Waals surface area contributed by atoms with E-state index >= 15 is 14.4 Å². The van der Waals surface area contributed by atoms with Crippen LogP contribution in [0.15, 0.2) is 35.9 Å². The molecule has 1 aromatic carbocycles. The van der Waals surface area contributed by atoms with Crippen molar-refractivity contribution in [3.63, 3.8) is 0 Å². The molecule has 6 bridgehead atoms. The van der Waals surface area contributed by atoms with Crippen molar-refractivity contribution in [1.29, 1.82) is 0 Å². The number of aliphatic hydroxyl groups excluding tert-OH is 8. The van der Waals surface area contributed by atoms with Gasteiger partial charge in [-0.25, -0.2) is 9.59 Å². The zero-order chi connectivity index (χ0) is 89.4. The molecule has 0 aromatic heterocycles. The number of likely N-dealkylation sites (N-methyl/N-ethyl adjacent to an activating group) is 1. The fourth-order valence-corrected chi connectivity index (χ4v) is 24.9. The SMILES string of the molecule is CCCCC(SCCC(C)(C)OCCC(C)(C)C(=O)O)C(SCCOC1OC(CO)C(O)C(O)C1O)C(SCCC(=O)N(C)[C@H](C)C(=O)OC12CC(=O)N(C)c3cc(cc(OC)c3Cl)C/C(C)=C\C=C\CC3C[C@H](OC(=O)N3)[C@@H](C)C(C)(C1)C2)C(SCCC(C)(C)OCCC(C)(C)C(=O)O)C(CCCC)SCCOC1OC(CO)C(O)C(O)C1O. The molecule has 1 saturated carbocycles. The Bertz CT molecular complexity index is 3460. The Morgan fingerprint density at radius 2 is 1.19 bits per heavy atom. The van der Waals surface area contributed by atoms with Gasteiger partial charge in [0.2, 0.25) is 11.8 Å². The highest BCUT2D eigenvalue weighted by Crippen LogP contribution is 2.59. The van der Waals surface area contributed by atoms with E-state index in [1.54, 1.807) is 108 Å². The van der Waals surface area contributed by atoms with Crippen LogP contribution >= 0.6 is 70.4 Å². The van der Waals surface area contributed by atoms with Crippen molar-refractivity contribution in [3.05, 3.63) is 46.5 Å². The highest BCUT2D eigenvalue weighted by molar-refractivity contribution is 8.07. The van der Waals surface area contributed by atoms with Gasteiger partial charge in [-0.3, -0.25) is 19.2 Å². The number of alkyl carbamates (subject to hydrolysis) is 1. The summed E-state index contributed by atoms with van der Waals surface area (Å²) in [6, 6.07) is 2.29. The lowest BCUT2D eigenvalue weighted by Gasteiger charge is -2.58. The first kappa shape index (κ1) is 105. The van der Waals surface area contributed by atoms with Gasteiger partial charge in [0.15, 0.2) is 12.6 Å². The monoisotopic (exact) mass is 1810 g/mol. The smallest absolute Gasteiger partial charge is 0.407 e. The van der Waals surface area contributed by atoms with Crippen LogP contribution in [0.2, 0.25) is 5.02 Å². The number of nitrogens with zero attached hydrogens (tertiary/aromatic N) is 2. The Labute approximate surface area is 737 Å². The predicted octanol–water partition coefficient (Wildman–Crippen LogP) is 10.9. The molecule has 5 heterocycles. The number of carbonyl (C=O) groups is 6. The van der Waals surface area contributed by atoms with Crippen LogP contribution < -0.4 is 15.0 Å². The molecule has 0 radical (unpaired) electrons. The Balaban J connectivity index is 1.43. The van der Waals surface area contributed by atoms with Crippen LogP contribution in [0.1, 0.15) is 205 Å². The van der Waals surface area contributed by atoms with E-state index in [0.717, 1.165) is 43.2 Å². The lowest BCUT2D eigenvalue weighted by Crippen LogP contribution is -2.61. The van der Waals surface area contributed by atoms with E-state index in [0.29, 0.717) is 67.2 Å². The van der Waals surface area contributed by atoms with Gasteiger partial charge < -0.3 is 109 Å². The minimum atomic E-state index is -1.69. The molecule has 7 rings (SSSR count). The molecule has 1 aromatic rings. The standard InChI is InChI=1S/C86H142ClN3O25S5/c1-18-20-26-61(116-38-31-83(10,11)110-33-29-81(6,7)78(102)103)73(120-41-36-109-77-71(100)69(98)67(96)60(48-92)113-77)74(72(119-39-32-84(12,13)111-34-30-82(8,9)79(104)105)62(27-21-19-2)117-40-35-108-76-70(99)68(97)66(95)59(47-91)112-76)118-37-28-63(93)89(15)53(5)75(101)115-86-46-64(94)90(16)56-43-54(44-58(107-17)65(56)87)42-51(3)24-22-23-25-55-45-57(114-80(106)88-55)52(4)85(14,49-86)50-86/h22-24,43-44,52-53,55,57,59-62,66-74,76-77,91-92,95-100H,18-21,25-42,45-50H2,1-17H3,(H,88,106)(H,102,103)(H,104,105)/b23-22+,51-24-/t52-,53-,55?,57+,59?,60?,61?,62?,66?,67?,68?,69?,70?,71?,72?,73?,74?,76?,77?,85?,86?/m1/s1. The van der Waals surface area contributed by atoms with E-state index in [9.17, 15) is 65.4 Å². The molecule has 0 spiro atoms. The number of anilines is 1. The predicted molar refractivity (Wildman–Crippen MR) is 472 cm³/mol. The molecular weight excluding hydrogens is 1670 g/mol. The van der Waals surface area contributed by atoms with Crippen molar-refractivity contribution < 1.29 is 122 Å². The molecule has 16 unspecified atom stereocenters.